The number of aliphatic hydroxyl groups is 1. The number of hydrogen-bond donors (Lipinski definition) is 3. The fraction of sp³-hybridized carbons (Fsp3) is 0.348. The number of fused-ring (bicyclic) bond motifs is 1. The number of hydrogen-bond acceptors (Lipinski definition) is 6. The van der Waals surface area contributed by atoms with Crippen LogP contribution in [0.1, 0.15) is 11.1 Å². The minimum Gasteiger partial charge on any atom is -0.394 e. The summed E-state index contributed by atoms with van der Waals surface area (Å²) in [4.78, 5) is 33.2. The van der Waals surface area contributed by atoms with Crippen LogP contribution in [0, 0.1) is 10.8 Å². The molecule has 1 aliphatic heterocycles. The Balaban J connectivity index is 1.45. The summed E-state index contributed by atoms with van der Waals surface area (Å²) in [5.74, 6) is -0.750. The molecule has 31 heavy (non-hydrogen) atoms. The third kappa shape index (κ3) is 4.66. The smallest absolute Gasteiger partial charge is 0.240 e. The molecule has 1 aliphatic rings. The van der Waals surface area contributed by atoms with Crippen LogP contribution in [0.5, 0.6) is 0 Å². The van der Waals surface area contributed by atoms with Crippen LogP contribution in [0.3, 0.4) is 0 Å². The summed E-state index contributed by atoms with van der Waals surface area (Å²) in [6.07, 6.45) is 1.98. The SMILES string of the molecule is O=NC[C@@H]1C(CO)ON(Cc2ccccc2)[C@@H]1C(=O)NCCc1c[nH]c2ccccc12. The van der Waals surface area contributed by atoms with E-state index in [4.69, 9.17) is 4.84 Å². The summed E-state index contributed by atoms with van der Waals surface area (Å²) in [5.41, 5.74) is 3.15. The number of aromatic nitrogens is 1. The standard InChI is InChI=1S/C23H26N4O4/c28-15-21-19(13-26-30)22(27(31-21)14-16-6-2-1-3-7-16)23(29)24-11-10-17-12-25-20-9-5-4-8-18(17)20/h1-9,12,19,21-22,25,28H,10-11,13-15H2,(H,24,29)/t19-,21?,22+/m1/s1. The summed E-state index contributed by atoms with van der Waals surface area (Å²) in [7, 11) is 0. The molecule has 0 spiro atoms. The summed E-state index contributed by atoms with van der Waals surface area (Å²) in [6, 6.07) is 16.9. The normalized spacial score (nSPS) is 21.4. The molecule has 1 fully saturated rings. The number of benzene rings is 2. The summed E-state index contributed by atoms with van der Waals surface area (Å²) >= 11 is 0. The molecule has 2 aromatic carbocycles. The molecule has 1 saturated heterocycles. The average molecular weight is 422 g/mol. The van der Waals surface area contributed by atoms with Gasteiger partial charge in [-0.1, -0.05) is 53.7 Å². The monoisotopic (exact) mass is 422 g/mol. The Morgan fingerprint density at radius 2 is 1.94 bits per heavy atom. The molecule has 0 aliphatic carbocycles. The third-order valence-corrected chi connectivity index (χ3v) is 5.75. The fourth-order valence-electron chi connectivity index (χ4n) is 4.19. The largest absolute Gasteiger partial charge is 0.394 e. The molecular weight excluding hydrogens is 396 g/mol. The van der Waals surface area contributed by atoms with Gasteiger partial charge >= 0.3 is 0 Å². The number of nitrogens with one attached hydrogen (secondary N) is 2. The van der Waals surface area contributed by atoms with Crippen LogP contribution < -0.4 is 5.32 Å². The Kier molecular flexibility index (Phi) is 6.71. The minimum absolute atomic E-state index is 0.100. The van der Waals surface area contributed by atoms with E-state index in [0.717, 1.165) is 22.0 Å². The van der Waals surface area contributed by atoms with E-state index in [-0.39, 0.29) is 19.1 Å². The zero-order valence-corrected chi connectivity index (χ0v) is 17.1. The van der Waals surface area contributed by atoms with Crippen molar-refractivity contribution in [2.24, 2.45) is 11.1 Å². The highest BCUT2D eigenvalue weighted by molar-refractivity contribution is 5.84. The van der Waals surface area contributed by atoms with Gasteiger partial charge in [0.2, 0.25) is 5.91 Å². The van der Waals surface area contributed by atoms with Gasteiger partial charge in [0.25, 0.3) is 0 Å². The number of aromatic amines is 1. The lowest BCUT2D eigenvalue weighted by atomic mass is 9.94. The molecule has 0 radical (unpaired) electrons. The van der Waals surface area contributed by atoms with Crippen LogP contribution in [-0.2, 0) is 22.6 Å². The number of nitrogens with zero attached hydrogens (tertiary/aromatic N) is 2. The molecule has 8 heteroatoms. The van der Waals surface area contributed by atoms with Crippen molar-refractivity contribution in [3.63, 3.8) is 0 Å². The van der Waals surface area contributed by atoms with Gasteiger partial charge < -0.3 is 15.4 Å². The highest BCUT2D eigenvalue weighted by Crippen LogP contribution is 2.30. The molecular formula is C23H26N4O4. The maximum atomic E-state index is 13.1. The van der Waals surface area contributed by atoms with E-state index in [0.29, 0.717) is 19.5 Å². The number of H-pyrrole nitrogens is 1. The van der Waals surface area contributed by atoms with E-state index >= 15 is 0 Å². The van der Waals surface area contributed by atoms with Gasteiger partial charge in [0.15, 0.2) is 0 Å². The first-order valence-electron chi connectivity index (χ1n) is 10.4. The van der Waals surface area contributed by atoms with E-state index in [9.17, 15) is 14.8 Å². The van der Waals surface area contributed by atoms with Crippen molar-refractivity contribution >= 4 is 16.8 Å². The molecule has 1 amide bonds. The first-order valence-corrected chi connectivity index (χ1v) is 10.4. The predicted octanol–water partition coefficient (Wildman–Crippen LogP) is 2.39. The van der Waals surface area contributed by atoms with Gasteiger partial charge in [-0.15, -0.1) is 0 Å². The summed E-state index contributed by atoms with van der Waals surface area (Å²) in [6.45, 7) is 0.427. The number of rotatable bonds is 9. The summed E-state index contributed by atoms with van der Waals surface area (Å²) in [5, 5.41) is 18.4. The number of para-hydroxylation sites is 1. The Hall–Kier alpha value is -3.07. The van der Waals surface area contributed by atoms with E-state index in [2.05, 4.69) is 15.5 Å². The number of aliphatic hydroxyl groups excluding tert-OH is 1. The zero-order chi connectivity index (χ0) is 21.6. The lowest BCUT2D eigenvalue weighted by Crippen LogP contribution is -2.47. The topological polar surface area (TPSA) is 107 Å². The molecule has 1 unspecified atom stereocenters. The highest BCUT2D eigenvalue weighted by atomic mass is 16.7. The van der Waals surface area contributed by atoms with Gasteiger partial charge in [0.1, 0.15) is 12.1 Å². The molecule has 8 nitrogen and oxygen atoms in total. The number of carbonyl (C=O) groups excluding carboxylic acids is 1. The Morgan fingerprint density at radius 1 is 1.16 bits per heavy atom. The average Bonchev–Trinajstić information content (AvgIpc) is 3.36. The Bertz CT molecular complexity index is 1020. The quantitative estimate of drug-likeness (QED) is 0.459. The lowest BCUT2D eigenvalue weighted by Gasteiger charge is -2.24. The van der Waals surface area contributed by atoms with Crippen molar-refractivity contribution in [3.05, 3.63) is 76.8 Å². The predicted molar refractivity (Wildman–Crippen MR) is 117 cm³/mol. The van der Waals surface area contributed by atoms with Gasteiger partial charge in [-0.2, -0.15) is 9.97 Å². The lowest BCUT2D eigenvalue weighted by molar-refractivity contribution is -0.181. The Labute approximate surface area is 180 Å². The van der Waals surface area contributed by atoms with Crippen molar-refractivity contribution < 1.29 is 14.7 Å². The maximum Gasteiger partial charge on any atom is 0.240 e. The van der Waals surface area contributed by atoms with Crippen LogP contribution in [0.25, 0.3) is 10.9 Å². The van der Waals surface area contributed by atoms with Crippen molar-refractivity contribution in [2.45, 2.75) is 25.1 Å². The third-order valence-electron chi connectivity index (χ3n) is 5.75. The van der Waals surface area contributed by atoms with Crippen molar-refractivity contribution in [1.29, 1.82) is 0 Å². The minimum atomic E-state index is -0.710. The molecule has 3 atom stereocenters. The first-order chi connectivity index (χ1) is 15.2. The van der Waals surface area contributed by atoms with Crippen LogP contribution in [0.4, 0.5) is 0 Å². The molecule has 3 aromatic rings. The molecule has 1 aromatic heterocycles. The number of nitroso groups, excluding NO2 is 1. The van der Waals surface area contributed by atoms with Crippen LogP contribution in [-0.4, -0.2) is 52.9 Å². The zero-order valence-electron chi connectivity index (χ0n) is 17.1. The molecule has 0 saturated carbocycles. The fourth-order valence-corrected chi connectivity index (χ4v) is 4.19. The van der Waals surface area contributed by atoms with Gasteiger partial charge in [0, 0.05) is 29.6 Å². The van der Waals surface area contributed by atoms with E-state index in [1.807, 2.05) is 60.8 Å². The van der Waals surface area contributed by atoms with Crippen molar-refractivity contribution in [3.8, 4) is 0 Å². The van der Waals surface area contributed by atoms with Gasteiger partial charge in [-0.25, -0.2) is 0 Å². The van der Waals surface area contributed by atoms with Crippen molar-refractivity contribution in [2.75, 3.05) is 19.7 Å². The number of hydroxylamine groups is 2. The van der Waals surface area contributed by atoms with Crippen molar-refractivity contribution in [1.82, 2.24) is 15.4 Å². The van der Waals surface area contributed by atoms with E-state index < -0.39 is 18.1 Å². The molecule has 3 N–H and O–H groups in total. The van der Waals surface area contributed by atoms with Crippen LogP contribution in [0.15, 0.2) is 66.0 Å². The number of amides is 1. The van der Waals surface area contributed by atoms with E-state index in [1.165, 1.54) is 0 Å². The maximum absolute atomic E-state index is 13.1. The van der Waals surface area contributed by atoms with Gasteiger partial charge in [-0.05, 0) is 23.6 Å². The molecule has 0 bridgehead atoms. The molecule has 162 valence electrons. The number of carbonyl (C=O) groups is 1. The first kappa shape index (κ1) is 21.2. The Morgan fingerprint density at radius 3 is 2.71 bits per heavy atom. The molecule has 2 heterocycles. The second-order valence-electron chi connectivity index (χ2n) is 7.71. The second kappa shape index (κ2) is 9.82. The van der Waals surface area contributed by atoms with Gasteiger partial charge in [-0.3, -0.25) is 9.63 Å². The van der Waals surface area contributed by atoms with Crippen LogP contribution >= 0.6 is 0 Å². The van der Waals surface area contributed by atoms with Gasteiger partial charge in [0.05, 0.1) is 19.7 Å². The van der Waals surface area contributed by atoms with E-state index in [1.54, 1.807) is 5.06 Å². The summed E-state index contributed by atoms with van der Waals surface area (Å²) < 4.78 is 0. The second-order valence-corrected chi connectivity index (χ2v) is 7.71. The van der Waals surface area contributed by atoms with Crippen LogP contribution in [0.2, 0.25) is 0 Å². The highest BCUT2D eigenvalue weighted by Gasteiger charge is 2.47. The molecule has 4 rings (SSSR count).